The van der Waals surface area contributed by atoms with E-state index in [1.54, 1.807) is 12.3 Å². The number of aromatic nitrogens is 2. The van der Waals surface area contributed by atoms with Crippen LogP contribution in [-0.4, -0.2) is 20.8 Å². The lowest BCUT2D eigenvalue weighted by Gasteiger charge is -2.07. The molecule has 2 N–H and O–H groups in total. The van der Waals surface area contributed by atoms with Crippen LogP contribution in [0.2, 0.25) is 0 Å². The molecule has 8 heteroatoms. The lowest BCUT2D eigenvalue weighted by Crippen LogP contribution is -2.07. The number of alkyl halides is 3. The van der Waals surface area contributed by atoms with Crippen molar-refractivity contribution in [3.63, 3.8) is 0 Å². The van der Waals surface area contributed by atoms with E-state index in [1.165, 1.54) is 28.9 Å². The molecule has 3 aromatic rings. The molecule has 0 unspecified atom stereocenters. The Morgan fingerprint density at radius 2 is 1.87 bits per heavy atom. The Hall–Kier alpha value is -3.03. The summed E-state index contributed by atoms with van der Waals surface area (Å²) in [4.78, 5) is 10.7. The lowest BCUT2D eigenvalue weighted by molar-refractivity contribution is -0.137. The van der Waals surface area contributed by atoms with Gasteiger partial charge in [-0.15, -0.1) is 0 Å². The molecule has 0 bridgehead atoms. The average molecular weight is 321 g/mol. The molecule has 5 nitrogen and oxygen atoms in total. The van der Waals surface area contributed by atoms with Gasteiger partial charge in [0, 0.05) is 17.4 Å². The largest absolute Gasteiger partial charge is 0.465 e. The second-order valence-corrected chi connectivity index (χ2v) is 4.81. The minimum absolute atomic E-state index is 0.346. The summed E-state index contributed by atoms with van der Waals surface area (Å²) in [6.45, 7) is 0. The smallest absolute Gasteiger partial charge is 0.416 e. The van der Waals surface area contributed by atoms with E-state index in [4.69, 9.17) is 5.11 Å². The zero-order chi connectivity index (χ0) is 16.6. The number of hydrogen-bond acceptors (Lipinski definition) is 2. The number of pyridine rings is 1. The highest BCUT2D eigenvalue weighted by Gasteiger charge is 2.30. The van der Waals surface area contributed by atoms with Crippen LogP contribution >= 0.6 is 0 Å². The summed E-state index contributed by atoms with van der Waals surface area (Å²) in [5, 5.41) is 15.1. The molecule has 0 radical (unpaired) electrons. The highest BCUT2D eigenvalue weighted by atomic mass is 19.4. The van der Waals surface area contributed by atoms with Crippen molar-refractivity contribution < 1.29 is 23.1 Å². The Balaban J connectivity index is 2.03. The number of nitrogens with zero attached hydrogens (tertiary/aromatic N) is 2. The Bertz CT molecular complexity index is 870. The SMILES string of the molecule is O=C(O)Nc1ccn2ncc(-c3ccc(C(F)(F)F)cc3)c2c1. The molecule has 0 spiro atoms. The average Bonchev–Trinajstić information content (AvgIpc) is 2.89. The van der Waals surface area contributed by atoms with Crippen molar-refractivity contribution in [3.05, 3.63) is 54.4 Å². The normalized spacial score (nSPS) is 11.6. The molecule has 2 aromatic heterocycles. The van der Waals surface area contributed by atoms with E-state index >= 15 is 0 Å². The first-order chi connectivity index (χ1) is 10.8. The van der Waals surface area contributed by atoms with Crippen LogP contribution < -0.4 is 5.32 Å². The number of nitrogens with one attached hydrogen (secondary N) is 1. The van der Waals surface area contributed by atoms with Gasteiger partial charge < -0.3 is 5.11 Å². The van der Waals surface area contributed by atoms with Crippen LogP contribution in [0.5, 0.6) is 0 Å². The summed E-state index contributed by atoms with van der Waals surface area (Å²) in [5.74, 6) is 0. The highest BCUT2D eigenvalue weighted by Crippen LogP contribution is 2.32. The van der Waals surface area contributed by atoms with Crippen molar-refractivity contribution in [3.8, 4) is 11.1 Å². The molecule has 0 aliphatic carbocycles. The number of fused-ring (bicyclic) bond motifs is 1. The minimum Gasteiger partial charge on any atom is -0.465 e. The van der Waals surface area contributed by atoms with Gasteiger partial charge in [-0.2, -0.15) is 18.3 Å². The maximum absolute atomic E-state index is 12.6. The van der Waals surface area contributed by atoms with Gasteiger partial charge >= 0.3 is 12.3 Å². The number of benzene rings is 1. The third-order valence-electron chi connectivity index (χ3n) is 3.30. The number of hydrogen-bond donors (Lipinski definition) is 2. The summed E-state index contributed by atoms with van der Waals surface area (Å²) in [6, 6.07) is 7.81. The zero-order valence-electron chi connectivity index (χ0n) is 11.5. The molecule has 0 saturated carbocycles. The quantitative estimate of drug-likeness (QED) is 0.746. The van der Waals surface area contributed by atoms with Gasteiger partial charge in [0.05, 0.1) is 17.3 Å². The van der Waals surface area contributed by atoms with E-state index in [2.05, 4.69) is 10.4 Å². The van der Waals surface area contributed by atoms with Gasteiger partial charge in [-0.3, -0.25) is 5.32 Å². The monoisotopic (exact) mass is 321 g/mol. The maximum Gasteiger partial charge on any atom is 0.416 e. The summed E-state index contributed by atoms with van der Waals surface area (Å²) in [6.07, 6.45) is -2.51. The van der Waals surface area contributed by atoms with E-state index < -0.39 is 17.8 Å². The van der Waals surface area contributed by atoms with Crippen LogP contribution in [0.15, 0.2) is 48.8 Å². The molecule has 0 atom stereocenters. The van der Waals surface area contributed by atoms with Crippen LogP contribution in [0.1, 0.15) is 5.56 Å². The van der Waals surface area contributed by atoms with Gasteiger partial charge in [0.2, 0.25) is 0 Å². The zero-order valence-corrected chi connectivity index (χ0v) is 11.5. The fourth-order valence-corrected chi connectivity index (χ4v) is 2.24. The fourth-order valence-electron chi connectivity index (χ4n) is 2.24. The van der Waals surface area contributed by atoms with Crippen molar-refractivity contribution in [1.82, 2.24) is 9.61 Å². The molecule has 0 aliphatic heterocycles. The summed E-state index contributed by atoms with van der Waals surface area (Å²) in [5.41, 5.74) is 1.36. The van der Waals surface area contributed by atoms with Crippen LogP contribution in [0.25, 0.3) is 16.6 Å². The first-order valence-electron chi connectivity index (χ1n) is 6.49. The summed E-state index contributed by atoms with van der Waals surface area (Å²) < 4.78 is 39.3. The molecule has 118 valence electrons. The van der Waals surface area contributed by atoms with Crippen LogP contribution in [0.4, 0.5) is 23.7 Å². The predicted octanol–water partition coefficient (Wildman–Crippen LogP) is 4.11. The number of halogens is 3. The second-order valence-electron chi connectivity index (χ2n) is 4.81. The van der Waals surface area contributed by atoms with Crippen molar-refractivity contribution in [2.45, 2.75) is 6.18 Å². The van der Waals surface area contributed by atoms with Crippen LogP contribution in [0, 0.1) is 0 Å². The van der Waals surface area contributed by atoms with Crippen molar-refractivity contribution in [1.29, 1.82) is 0 Å². The van der Waals surface area contributed by atoms with Crippen molar-refractivity contribution in [2.24, 2.45) is 0 Å². The lowest BCUT2D eigenvalue weighted by atomic mass is 10.0. The van der Waals surface area contributed by atoms with Gasteiger partial charge in [0.15, 0.2) is 0 Å². The Morgan fingerprint density at radius 1 is 1.17 bits per heavy atom. The molecular formula is C15H10F3N3O2. The molecule has 2 heterocycles. The molecule has 1 amide bonds. The molecule has 23 heavy (non-hydrogen) atoms. The van der Waals surface area contributed by atoms with Crippen LogP contribution in [0.3, 0.4) is 0 Å². The fraction of sp³-hybridized carbons (Fsp3) is 0.0667. The van der Waals surface area contributed by atoms with Gasteiger partial charge in [-0.25, -0.2) is 9.31 Å². The summed E-state index contributed by atoms with van der Waals surface area (Å²) >= 11 is 0. The highest BCUT2D eigenvalue weighted by molar-refractivity contribution is 5.87. The Kier molecular flexibility index (Phi) is 3.44. The van der Waals surface area contributed by atoms with Gasteiger partial charge in [0.25, 0.3) is 0 Å². The van der Waals surface area contributed by atoms with Gasteiger partial charge in [0.1, 0.15) is 0 Å². The number of rotatable bonds is 2. The third kappa shape index (κ3) is 2.96. The van der Waals surface area contributed by atoms with E-state index in [0.29, 0.717) is 22.3 Å². The minimum atomic E-state index is -4.39. The molecule has 0 aliphatic rings. The Morgan fingerprint density at radius 3 is 2.48 bits per heavy atom. The van der Waals surface area contributed by atoms with Crippen molar-refractivity contribution in [2.75, 3.05) is 5.32 Å². The maximum atomic E-state index is 12.6. The van der Waals surface area contributed by atoms with Gasteiger partial charge in [-0.1, -0.05) is 12.1 Å². The number of carbonyl (C=O) groups is 1. The number of anilines is 1. The Labute approximate surface area is 128 Å². The van der Waals surface area contributed by atoms with Gasteiger partial charge in [-0.05, 0) is 29.8 Å². The van der Waals surface area contributed by atoms with E-state index in [0.717, 1.165) is 12.1 Å². The predicted molar refractivity (Wildman–Crippen MR) is 77.3 cm³/mol. The topological polar surface area (TPSA) is 66.6 Å². The van der Waals surface area contributed by atoms with Crippen molar-refractivity contribution >= 4 is 17.3 Å². The van der Waals surface area contributed by atoms with E-state index in [-0.39, 0.29) is 0 Å². The molecule has 0 fully saturated rings. The van der Waals surface area contributed by atoms with Crippen LogP contribution in [-0.2, 0) is 6.18 Å². The second kappa shape index (κ2) is 5.31. The number of carboxylic acid groups (broad SMARTS) is 1. The third-order valence-corrected chi connectivity index (χ3v) is 3.30. The molecule has 1 aromatic carbocycles. The standard InChI is InChI=1S/C15H10F3N3O2/c16-15(17,18)10-3-1-9(2-4-10)12-8-19-21-6-5-11(7-13(12)21)20-14(22)23/h1-8,20H,(H,22,23). The summed E-state index contributed by atoms with van der Waals surface area (Å²) in [7, 11) is 0. The first-order valence-corrected chi connectivity index (χ1v) is 6.49. The van der Waals surface area contributed by atoms with E-state index in [1.807, 2.05) is 0 Å². The molecule has 0 saturated heterocycles. The molecule has 3 rings (SSSR count). The molecular weight excluding hydrogens is 311 g/mol. The van der Waals surface area contributed by atoms with E-state index in [9.17, 15) is 18.0 Å². The first kappa shape index (κ1) is 14.9. The number of amides is 1.